The largest absolute Gasteiger partial charge is 0.481 e. The van der Waals surface area contributed by atoms with Gasteiger partial charge in [-0.1, -0.05) is 6.08 Å². The second-order valence-electron chi connectivity index (χ2n) is 3.56. The molecule has 1 heterocycles. The zero-order valence-corrected chi connectivity index (χ0v) is 8.41. The number of carbonyl (C=O) groups is 1. The molecule has 1 rings (SSSR count). The smallest absolute Gasteiger partial charge is 0.304 e. The summed E-state index contributed by atoms with van der Waals surface area (Å²) in [5, 5.41) is 11.9. The first-order valence-corrected chi connectivity index (χ1v) is 5.01. The zero-order valence-electron chi connectivity index (χ0n) is 8.41. The van der Waals surface area contributed by atoms with Gasteiger partial charge in [0.15, 0.2) is 0 Å². The third kappa shape index (κ3) is 3.47. The second kappa shape index (κ2) is 5.78. The zero-order chi connectivity index (χ0) is 10.4. The first-order valence-electron chi connectivity index (χ1n) is 5.01. The molecule has 0 aromatic rings. The molecular formula is C10H18N2O2. The molecule has 2 N–H and O–H groups in total. The van der Waals surface area contributed by atoms with E-state index in [-0.39, 0.29) is 6.42 Å². The molecule has 1 aliphatic rings. The first-order chi connectivity index (χ1) is 6.74. The summed E-state index contributed by atoms with van der Waals surface area (Å²) in [5.41, 5.74) is 0. The van der Waals surface area contributed by atoms with E-state index in [1.54, 1.807) is 0 Å². The molecule has 0 bridgehead atoms. The summed E-state index contributed by atoms with van der Waals surface area (Å²) in [6.45, 7) is 7.19. The average molecular weight is 198 g/mol. The Bertz CT molecular complexity index is 206. The van der Waals surface area contributed by atoms with Crippen LogP contribution in [0.3, 0.4) is 0 Å². The fourth-order valence-corrected chi connectivity index (χ4v) is 1.76. The fourth-order valence-electron chi connectivity index (χ4n) is 1.76. The highest BCUT2D eigenvalue weighted by Crippen LogP contribution is 2.08. The SMILES string of the molecule is C=CCC1CNCCN1CCC(=O)O. The lowest BCUT2D eigenvalue weighted by Crippen LogP contribution is -2.51. The highest BCUT2D eigenvalue weighted by Gasteiger charge is 2.20. The van der Waals surface area contributed by atoms with Crippen molar-refractivity contribution < 1.29 is 9.90 Å². The minimum Gasteiger partial charge on any atom is -0.481 e. The van der Waals surface area contributed by atoms with Crippen molar-refractivity contribution in [3.8, 4) is 0 Å². The number of carboxylic acid groups (broad SMARTS) is 1. The van der Waals surface area contributed by atoms with Gasteiger partial charge in [-0.15, -0.1) is 6.58 Å². The Morgan fingerprint density at radius 3 is 3.14 bits per heavy atom. The molecule has 0 amide bonds. The molecule has 0 aromatic heterocycles. The van der Waals surface area contributed by atoms with Crippen LogP contribution in [0.4, 0.5) is 0 Å². The molecule has 0 spiro atoms. The fraction of sp³-hybridized carbons (Fsp3) is 0.700. The molecule has 1 fully saturated rings. The lowest BCUT2D eigenvalue weighted by Gasteiger charge is -2.35. The quantitative estimate of drug-likeness (QED) is 0.624. The van der Waals surface area contributed by atoms with Crippen LogP contribution in [0.5, 0.6) is 0 Å². The summed E-state index contributed by atoms with van der Waals surface area (Å²) in [5.74, 6) is -0.721. The van der Waals surface area contributed by atoms with Crippen LogP contribution >= 0.6 is 0 Å². The van der Waals surface area contributed by atoms with Gasteiger partial charge in [0, 0.05) is 32.2 Å². The van der Waals surface area contributed by atoms with E-state index >= 15 is 0 Å². The lowest BCUT2D eigenvalue weighted by molar-refractivity contribution is -0.137. The second-order valence-corrected chi connectivity index (χ2v) is 3.56. The predicted molar refractivity (Wildman–Crippen MR) is 55.3 cm³/mol. The maximum absolute atomic E-state index is 10.4. The standard InChI is InChI=1S/C10H18N2O2/c1-2-3-9-8-11-5-7-12(9)6-4-10(13)14/h2,9,11H,1,3-8H2,(H,13,14). The Kier molecular flexibility index (Phi) is 4.62. The third-order valence-corrected chi connectivity index (χ3v) is 2.52. The van der Waals surface area contributed by atoms with Crippen molar-refractivity contribution >= 4 is 5.97 Å². The number of carboxylic acids is 1. The number of piperazine rings is 1. The van der Waals surface area contributed by atoms with Crippen LogP contribution in [0.15, 0.2) is 12.7 Å². The van der Waals surface area contributed by atoms with Gasteiger partial charge in [-0.05, 0) is 6.42 Å². The molecule has 0 saturated carbocycles. The number of nitrogens with one attached hydrogen (secondary N) is 1. The normalized spacial score (nSPS) is 23.3. The van der Waals surface area contributed by atoms with E-state index in [0.717, 1.165) is 26.1 Å². The molecule has 1 atom stereocenters. The highest BCUT2D eigenvalue weighted by molar-refractivity contribution is 5.66. The summed E-state index contributed by atoms with van der Waals surface area (Å²) in [7, 11) is 0. The Morgan fingerprint density at radius 1 is 1.71 bits per heavy atom. The van der Waals surface area contributed by atoms with Gasteiger partial charge < -0.3 is 10.4 Å². The van der Waals surface area contributed by atoms with E-state index in [1.165, 1.54) is 0 Å². The Balaban J connectivity index is 2.37. The molecule has 80 valence electrons. The minimum atomic E-state index is -0.721. The van der Waals surface area contributed by atoms with Crippen LogP contribution in [0, 0.1) is 0 Å². The van der Waals surface area contributed by atoms with Crippen molar-refractivity contribution in [2.45, 2.75) is 18.9 Å². The van der Waals surface area contributed by atoms with Crippen molar-refractivity contribution in [3.05, 3.63) is 12.7 Å². The van der Waals surface area contributed by atoms with E-state index in [2.05, 4.69) is 16.8 Å². The summed E-state index contributed by atoms with van der Waals surface area (Å²) in [6.07, 6.45) is 3.05. The molecular weight excluding hydrogens is 180 g/mol. The van der Waals surface area contributed by atoms with Crippen molar-refractivity contribution in [3.63, 3.8) is 0 Å². The van der Waals surface area contributed by atoms with Crippen LogP contribution in [0.2, 0.25) is 0 Å². The first kappa shape index (κ1) is 11.2. The summed E-state index contributed by atoms with van der Waals surface area (Å²) < 4.78 is 0. The van der Waals surface area contributed by atoms with Gasteiger partial charge in [0.2, 0.25) is 0 Å². The van der Waals surface area contributed by atoms with Crippen LogP contribution in [-0.2, 0) is 4.79 Å². The highest BCUT2D eigenvalue weighted by atomic mass is 16.4. The van der Waals surface area contributed by atoms with Crippen LogP contribution in [0.25, 0.3) is 0 Å². The van der Waals surface area contributed by atoms with Gasteiger partial charge in [-0.25, -0.2) is 0 Å². The van der Waals surface area contributed by atoms with Gasteiger partial charge in [-0.3, -0.25) is 9.69 Å². The molecule has 0 radical (unpaired) electrons. The van der Waals surface area contributed by atoms with E-state index in [1.807, 2.05) is 6.08 Å². The van der Waals surface area contributed by atoms with Gasteiger partial charge in [0.25, 0.3) is 0 Å². The average Bonchev–Trinajstić information content (AvgIpc) is 2.17. The molecule has 0 aliphatic carbocycles. The molecule has 1 unspecified atom stereocenters. The van der Waals surface area contributed by atoms with E-state index in [4.69, 9.17) is 5.11 Å². The Labute approximate surface area is 84.6 Å². The molecule has 1 aliphatic heterocycles. The van der Waals surface area contributed by atoms with Crippen molar-refractivity contribution in [1.82, 2.24) is 10.2 Å². The number of hydrogen-bond acceptors (Lipinski definition) is 3. The topological polar surface area (TPSA) is 52.6 Å². The van der Waals surface area contributed by atoms with Gasteiger partial charge in [-0.2, -0.15) is 0 Å². The Hall–Kier alpha value is -0.870. The Morgan fingerprint density at radius 2 is 2.50 bits per heavy atom. The van der Waals surface area contributed by atoms with Crippen LogP contribution in [0.1, 0.15) is 12.8 Å². The minimum absolute atomic E-state index is 0.230. The molecule has 4 heteroatoms. The predicted octanol–water partition coefficient (Wildman–Crippen LogP) is 0.311. The lowest BCUT2D eigenvalue weighted by atomic mass is 10.1. The summed E-state index contributed by atoms with van der Waals surface area (Å²) in [6, 6.07) is 0.417. The van der Waals surface area contributed by atoms with Crippen molar-refractivity contribution in [2.75, 3.05) is 26.2 Å². The van der Waals surface area contributed by atoms with Crippen LogP contribution in [-0.4, -0.2) is 48.2 Å². The summed E-state index contributed by atoms with van der Waals surface area (Å²) >= 11 is 0. The van der Waals surface area contributed by atoms with Gasteiger partial charge in [0.1, 0.15) is 0 Å². The van der Waals surface area contributed by atoms with E-state index in [0.29, 0.717) is 12.6 Å². The monoisotopic (exact) mass is 198 g/mol. The third-order valence-electron chi connectivity index (χ3n) is 2.52. The van der Waals surface area contributed by atoms with Crippen molar-refractivity contribution in [1.29, 1.82) is 0 Å². The maximum Gasteiger partial charge on any atom is 0.304 e. The van der Waals surface area contributed by atoms with Gasteiger partial charge >= 0.3 is 5.97 Å². The molecule has 14 heavy (non-hydrogen) atoms. The summed E-state index contributed by atoms with van der Waals surface area (Å²) in [4.78, 5) is 12.7. The number of hydrogen-bond donors (Lipinski definition) is 2. The van der Waals surface area contributed by atoms with Crippen LogP contribution < -0.4 is 5.32 Å². The molecule has 1 saturated heterocycles. The number of nitrogens with zero attached hydrogens (tertiary/aromatic N) is 1. The molecule has 4 nitrogen and oxygen atoms in total. The van der Waals surface area contributed by atoms with Gasteiger partial charge in [0.05, 0.1) is 6.42 Å². The maximum atomic E-state index is 10.4. The van der Waals surface area contributed by atoms with E-state index in [9.17, 15) is 4.79 Å². The van der Waals surface area contributed by atoms with Crippen molar-refractivity contribution in [2.24, 2.45) is 0 Å². The number of rotatable bonds is 5. The number of aliphatic carboxylic acids is 1. The molecule has 0 aromatic carbocycles. The van der Waals surface area contributed by atoms with E-state index < -0.39 is 5.97 Å².